The Morgan fingerprint density at radius 1 is 1.28 bits per heavy atom. The summed E-state index contributed by atoms with van der Waals surface area (Å²) in [7, 11) is 0. The van der Waals surface area contributed by atoms with Gasteiger partial charge in [-0.15, -0.1) is 0 Å². The average Bonchev–Trinajstić information content (AvgIpc) is 3.06. The molecule has 3 nitrogen and oxygen atoms in total. The Balaban J connectivity index is 1.57. The van der Waals surface area contributed by atoms with Crippen molar-refractivity contribution in [3.8, 4) is 0 Å². The van der Waals surface area contributed by atoms with E-state index in [4.69, 9.17) is 0 Å². The van der Waals surface area contributed by atoms with Gasteiger partial charge in [0.2, 0.25) is 5.91 Å². The summed E-state index contributed by atoms with van der Waals surface area (Å²) in [4.78, 5) is 14.0. The van der Waals surface area contributed by atoms with E-state index in [1.807, 2.05) is 4.90 Å². The summed E-state index contributed by atoms with van der Waals surface area (Å²) in [5.74, 6) is 0.852. The van der Waals surface area contributed by atoms with Gasteiger partial charge in [-0.25, -0.2) is 0 Å². The molecule has 0 radical (unpaired) electrons. The second-order valence-corrected chi connectivity index (χ2v) is 5.29. The largest absolute Gasteiger partial charge is 0.384 e. The lowest BCUT2D eigenvalue weighted by Gasteiger charge is -2.16. The second kappa shape index (κ2) is 5.01. The van der Waals surface area contributed by atoms with E-state index in [0.29, 0.717) is 18.2 Å². The molecule has 1 fully saturated rings. The third-order valence-electron chi connectivity index (χ3n) is 4.10. The van der Waals surface area contributed by atoms with Crippen molar-refractivity contribution in [2.45, 2.75) is 31.6 Å². The van der Waals surface area contributed by atoms with Crippen molar-refractivity contribution < 1.29 is 4.79 Å². The van der Waals surface area contributed by atoms with E-state index in [1.165, 1.54) is 24.1 Å². The van der Waals surface area contributed by atoms with Crippen LogP contribution in [0.5, 0.6) is 0 Å². The van der Waals surface area contributed by atoms with Gasteiger partial charge in [-0.1, -0.05) is 18.2 Å². The van der Waals surface area contributed by atoms with Gasteiger partial charge in [0, 0.05) is 37.7 Å². The number of hydrogen-bond acceptors (Lipinski definition) is 2. The fraction of sp³-hybridized carbons (Fsp3) is 0.533. The van der Waals surface area contributed by atoms with Gasteiger partial charge in [0.1, 0.15) is 0 Å². The van der Waals surface area contributed by atoms with Crippen LogP contribution in [0.2, 0.25) is 0 Å². The monoisotopic (exact) mass is 244 g/mol. The number of amides is 1. The number of likely N-dealkylation sites (tertiary alicyclic amines) is 1. The number of carbonyl (C=O) groups is 1. The Morgan fingerprint density at radius 3 is 2.89 bits per heavy atom. The van der Waals surface area contributed by atoms with Crippen molar-refractivity contribution in [1.29, 1.82) is 0 Å². The van der Waals surface area contributed by atoms with Gasteiger partial charge in [0.15, 0.2) is 0 Å². The van der Waals surface area contributed by atoms with Crippen molar-refractivity contribution in [1.82, 2.24) is 4.90 Å². The van der Waals surface area contributed by atoms with Crippen LogP contribution in [-0.4, -0.2) is 30.4 Å². The number of fused-ring (bicyclic) bond motifs is 1. The summed E-state index contributed by atoms with van der Waals surface area (Å²) in [5.41, 5.74) is 2.63. The molecule has 1 unspecified atom stereocenters. The first kappa shape index (κ1) is 11.6. The molecular formula is C15H20N2O. The maximum atomic E-state index is 12.0. The van der Waals surface area contributed by atoms with Gasteiger partial charge in [-0.05, 0) is 30.9 Å². The maximum Gasteiger partial charge on any atom is 0.222 e. The van der Waals surface area contributed by atoms with E-state index in [9.17, 15) is 4.79 Å². The number of anilines is 1. The zero-order chi connectivity index (χ0) is 12.4. The molecule has 1 atom stereocenters. The van der Waals surface area contributed by atoms with E-state index in [1.54, 1.807) is 0 Å². The minimum absolute atomic E-state index is 0.344. The Bertz CT molecular complexity index is 438. The molecule has 0 aromatic heterocycles. The van der Waals surface area contributed by atoms with Crippen molar-refractivity contribution >= 4 is 11.6 Å². The molecule has 0 saturated carbocycles. The summed E-state index contributed by atoms with van der Waals surface area (Å²) in [5, 5.41) is 3.42. The van der Waals surface area contributed by atoms with Gasteiger partial charge in [0.05, 0.1) is 0 Å². The number of nitrogens with one attached hydrogen (secondary N) is 1. The predicted octanol–water partition coefficient (Wildman–Crippen LogP) is 2.60. The van der Waals surface area contributed by atoms with E-state index in [2.05, 4.69) is 29.6 Å². The average molecular weight is 244 g/mol. The standard InChI is InChI=1S/C15H20N2O/c18-15(17-9-3-4-10-17)8-7-12-11-16-14-6-2-1-5-13(12)14/h1-2,5-6,12,16H,3-4,7-11H2. The number of benzene rings is 1. The smallest absolute Gasteiger partial charge is 0.222 e. The Hall–Kier alpha value is -1.51. The van der Waals surface area contributed by atoms with Crippen molar-refractivity contribution in [2.24, 2.45) is 0 Å². The fourth-order valence-electron chi connectivity index (χ4n) is 3.04. The van der Waals surface area contributed by atoms with Gasteiger partial charge in [-0.2, -0.15) is 0 Å². The summed E-state index contributed by atoms with van der Waals surface area (Å²) < 4.78 is 0. The fourth-order valence-corrected chi connectivity index (χ4v) is 3.04. The quantitative estimate of drug-likeness (QED) is 0.886. The first-order valence-corrected chi connectivity index (χ1v) is 6.95. The molecule has 1 saturated heterocycles. The van der Waals surface area contributed by atoms with Crippen LogP contribution in [0.25, 0.3) is 0 Å². The van der Waals surface area contributed by atoms with Crippen LogP contribution in [0.15, 0.2) is 24.3 Å². The first-order chi connectivity index (χ1) is 8.84. The zero-order valence-corrected chi connectivity index (χ0v) is 10.7. The molecule has 1 aromatic carbocycles. The predicted molar refractivity (Wildman–Crippen MR) is 72.7 cm³/mol. The molecule has 1 aromatic rings. The lowest BCUT2D eigenvalue weighted by molar-refractivity contribution is -0.130. The molecule has 1 N–H and O–H groups in total. The normalized spacial score (nSPS) is 21.8. The third kappa shape index (κ3) is 2.22. The summed E-state index contributed by atoms with van der Waals surface area (Å²) in [6.07, 6.45) is 4.03. The van der Waals surface area contributed by atoms with Gasteiger partial charge in [-0.3, -0.25) is 4.79 Å². The summed E-state index contributed by atoms with van der Waals surface area (Å²) >= 11 is 0. The maximum absolute atomic E-state index is 12.0. The van der Waals surface area contributed by atoms with Gasteiger partial charge in [0.25, 0.3) is 0 Å². The van der Waals surface area contributed by atoms with Crippen LogP contribution in [0.1, 0.15) is 37.2 Å². The van der Waals surface area contributed by atoms with Gasteiger partial charge >= 0.3 is 0 Å². The van der Waals surface area contributed by atoms with Crippen LogP contribution in [-0.2, 0) is 4.79 Å². The van der Waals surface area contributed by atoms with Crippen LogP contribution in [0.3, 0.4) is 0 Å². The van der Waals surface area contributed by atoms with Crippen molar-refractivity contribution in [3.05, 3.63) is 29.8 Å². The van der Waals surface area contributed by atoms with Crippen LogP contribution >= 0.6 is 0 Å². The molecule has 2 heterocycles. The van der Waals surface area contributed by atoms with Crippen molar-refractivity contribution in [2.75, 3.05) is 25.0 Å². The lowest BCUT2D eigenvalue weighted by Crippen LogP contribution is -2.27. The number of hydrogen-bond donors (Lipinski definition) is 1. The SMILES string of the molecule is O=C(CCC1CNc2ccccc21)N1CCCC1. The van der Waals surface area contributed by atoms with Crippen LogP contribution < -0.4 is 5.32 Å². The molecule has 1 amide bonds. The molecule has 0 spiro atoms. The zero-order valence-electron chi connectivity index (χ0n) is 10.7. The highest BCUT2D eigenvalue weighted by Crippen LogP contribution is 2.34. The minimum Gasteiger partial charge on any atom is -0.384 e. The van der Waals surface area contributed by atoms with E-state index in [0.717, 1.165) is 26.1 Å². The molecule has 0 aliphatic carbocycles. The molecule has 96 valence electrons. The second-order valence-electron chi connectivity index (χ2n) is 5.29. The highest BCUT2D eigenvalue weighted by molar-refractivity contribution is 5.76. The van der Waals surface area contributed by atoms with E-state index in [-0.39, 0.29) is 0 Å². The highest BCUT2D eigenvalue weighted by Gasteiger charge is 2.24. The highest BCUT2D eigenvalue weighted by atomic mass is 16.2. The summed E-state index contributed by atoms with van der Waals surface area (Å²) in [6, 6.07) is 8.45. The number of rotatable bonds is 3. The number of carbonyl (C=O) groups excluding carboxylic acids is 1. The minimum atomic E-state index is 0.344. The van der Waals surface area contributed by atoms with Crippen LogP contribution in [0, 0.1) is 0 Å². The number of para-hydroxylation sites is 1. The Morgan fingerprint density at radius 2 is 2.06 bits per heavy atom. The molecule has 3 heteroatoms. The molecular weight excluding hydrogens is 224 g/mol. The van der Waals surface area contributed by atoms with Gasteiger partial charge < -0.3 is 10.2 Å². The van der Waals surface area contributed by atoms with Crippen molar-refractivity contribution in [3.63, 3.8) is 0 Å². The van der Waals surface area contributed by atoms with E-state index >= 15 is 0 Å². The first-order valence-electron chi connectivity index (χ1n) is 6.95. The van der Waals surface area contributed by atoms with E-state index < -0.39 is 0 Å². The molecule has 2 aliphatic heterocycles. The van der Waals surface area contributed by atoms with Crippen LogP contribution in [0.4, 0.5) is 5.69 Å². The lowest BCUT2D eigenvalue weighted by atomic mass is 9.96. The molecule has 18 heavy (non-hydrogen) atoms. The Labute approximate surface area is 108 Å². The third-order valence-corrected chi connectivity index (χ3v) is 4.10. The Kier molecular flexibility index (Phi) is 3.22. The topological polar surface area (TPSA) is 32.3 Å². The summed E-state index contributed by atoms with van der Waals surface area (Å²) in [6.45, 7) is 2.92. The number of nitrogens with zero attached hydrogens (tertiary/aromatic N) is 1. The molecule has 3 rings (SSSR count). The molecule has 0 bridgehead atoms. The molecule has 2 aliphatic rings.